The first kappa shape index (κ1) is 21.7. The fourth-order valence-electron chi connectivity index (χ4n) is 2.90. The number of carbonyl (C=O) groups is 1. The molecule has 0 fully saturated rings. The SMILES string of the molecule is Cc1ccc(NC(=O)CN(Cc2ccccc2F)S(=O)(=O)c2ccc(C)cc2)cc1. The third-order valence-corrected chi connectivity index (χ3v) is 6.42. The number of aryl methyl sites for hydroxylation is 2. The molecule has 0 atom stereocenters. The predicted molar refractivity (Wildman–Crippen MR) is 115 cm³/mol. The lowest BCUT2D eigenvalue weighted by atomic mass is 10.2. The molecule has 0 saturated carbocycles. The zero-order chi connectivity index (χ0) is 21.7. The molecule has 0 radical (unpaired) electrons. The van der Waals surface area contributed by atoms with E-state index >= 15 is 0 Å². The Labute approximate surface area is 176 Å². The first-order valence-corrected chi connectivity index (χ1v) is 10.9. The van der Waals surface area contributed by atoms with Crippen LogP contribution >= 0.6 is 0 Å². The molecule has 0 aliphatic carbocycles. The van der Waals surface area contributed by atoms with Crippen molar-refractivity contribution < 1.29 is 17.6 Å². The van der Waals surface area contributed by atoms with Crippen LogP contribution in [0.5, 0.6) is 0 Å². The van der Waals surface area contributed by atoms with Crippen molar-refractivity contribution in [1.82, 2.24) is 4.31 Å². The summed E-state index contributed by atoms with van der Waals surface area (Å²) in [6, 6.07) is 19.4. The molecule has 0 aliphatic heterocycles. The Morgan fingerprint density at radius 2 is 1.47 bits per heavy atom. The Bertz CT molecular complexity index is 1130. The van der Waals surface area contributed by atoms with Gasteiger partial charge in [-0.1, -0.05) is 53.6 Å². The van der Waals surface area contributed by atoms with Gasteiger partial charge in [-0.3, -0.25) is 4.79 Å². The fourth-order valence-corrected chi connectivity index (χ4v) is 4.27. The number of anilines is 1. The molecule has 0 bridgehead atoms. The highest BCUT2D eigenvalue weighted by Crippen LogP contribution is 2.20. The molecule has 0 heterocycles. The molecule has 0 unspecified atom stereocenters. The average Bonchev–Trinajstić information content (AvgIpc) is 2.71. The van der Waals surface area contributed by atoms with Crippen LogP contribution in [0.3, 0.4) is 0 Å². The van der Waals surface area contributed by atoms with Crippen LogP contribution in [-0.4, -0.2) is 25.2 Å². The van der Waals surface area contributed by atoms with Crippen LogP contribution in [0.15, 0.2) is 77.7 Å². The molecule has 1 N–H and O–H groups in total. The van der Waals surface area contributed by atoms with Crippen molar-refractivity contribution >= 4 is 21.6 Å². The maximum absolute atomic E-state index is 14.2. The summed E-state index contributed by atoms with van der Waals surface area (Å²) in [6.07, 6.45) is 0. The van der Waals surface area contributed by atoms with E-state index in [1.807, 2.05) is 26.0 Å². The van der Waals surface area contributed by atoms with Gasteiger partial charge in [0.05, 0.1) is 11.4 Å². The Kier molecular flexibility index (Phi) is 6.64. The quantitative estimate of drug-likeness (QED) is 0.614. The van der Waals surface area contributed by atoms with Crippen molar-refractivity contribution in [2.75, 3.05) is 11.9 Å². The van der Waals surface area contributed by atoms with E-state index in [9.17, 15) is 17.6 Å². The predicted octanol–water partition coefficient (Wildman–Crippen LogP) is 4.27. The maximum atomic E-state index is 14.2. The van der Waals surface area contributed by atoms with E-state index in [4.69, 9.17) is 0 Å². The number of hydrogen-bond donors (Lipinski definition) is 1. The molecule has 0 aromatic heterocycles. The largest absolute Gasteiger partial charge is 0.325 e. The van der Waals surface area contributed by atoms with E-state index in [2.05, 4.69) is 5.32 Å². The van der Waals surface area contributed by atoms with Crippen LogP contribution in [0.2, 0.25) is 0 Å². The van der Waals surface area contributed by atoms with Crippen LogP contribution in [0.25, 0.3) is 0 Å². The molecule has 3 aromatic rings. The number of nitrogens with zero attached hydrogens (tertiary/aromatic N) is 1. The minimum absolute atomic E-state index is 0.0487. The zero-order valence-electron chi connectivity index (χ0n) is 16.8. The number of benzene rings is 3. The molecular weight excluding hydrogens is 403 g/mol. The van der Waals surface area contributed by atoms with E-state index in [-0.39, 0.29) is 17.0 Å². The lowest BCUT2D eigenvalue weighted by Crippen LogP contribution is -2.37. The zero-order valence-corrected chi connectivity index (χ0v) is 17.6. The Balaban J connectivity index is 1.88. The van der Waals surface area contributed by atoms with Crippen LogP contribution in [0, 0.1) is 19.7 Å². The molecule has 0 spiro atoms. The number of amides is 1. The van der Waals surface area contributed by atoms with E-state index in [1.165, 1.54) is 30.3 Å². The Morgan fingerprint density at radius 3 is 2.07 bits per heavy atom. The summed E-state index contributed by atoms with van der Waals surface area (Å²) in [5, 5.41) is 2.69. The Hall–Kier alpha value is -3.03. The number of carbonyl (C=O) groups excluding carboxylic acids is 1. The van der Waals surface area contributed by atoms with Crippen molar-refractivity contribution in [3.05, 3.63) is 95.3 Å². The van der Waals surface area contributed by atoms with Gasteiger partial charge < -0.3 is 5.32 Å². The van der Waals surface area contributed by atoms with E-state index in [0.717, 1.165) is 15.4 Å². The molecule has 1 amide bonds. The summed E-state index contributed by atoms with van der Waals surface area (Å²) in [4.78, 5) is 12.7. The number of nitrogens with one attached hydrogen (secondary N) is 1. The monoisotopic (exact) mass is 426 g/mol. The van der Waals surface area contributed by atoms with Gasteiger partial charge in [-0.05, 0) is 44.2 Å². The average molecular weight is 427 g/mol. The third-order valence-electron chi connectivity index (χ3n) is 4.62. The summed E-state index contributed by atoms with van der Waals surface area (Å²) in [5.41, 5.74) is 2.70. The number of halogens is 1. The van der Waals surface area contributed by atoms with Crippen LogP contribution < -0.4 is 5.32 Å². The van der Waals surface area contributed by atoms with Crippen LogP contribution in [0.1, 0.15) is 16.7 Å². The van der Waals surface area contributed by atoms with Gasteiger partial charge in [0.1, 0.15) is 5.82 Å². The summed E-state index contributed by atoms with van der Waals surface area (Å²) in [5.74, 6) is -1.04. The van der Waals surface area contributed by atoms with E-state index < -0.39 is 28.3 Å². The minimum Gasteiger partial charge on any atom is -0.325 e. The fraction of sp³-hybridized carbons (Fsp3) is 0.174. The molecule has 156 valence electrons. The molecule has 0 aliphatic rings. The molecular formula is C23H23FN2O3S. The van der Waals surface area contributed by atoms with Gasteiger partial charge in [-0.2, -0.15) is 4.31 Å². The lowest BCUT2D eigenvalue weighted by molar-refractivity contribution is -0.116. The normalized spacial score (nSPS) is 11.5. The van der Waals surface area contributed by atoms with Crippen LogP contribution in [-0.2, 0) is 21.4 Å². The van der Waals surface area contributed by atoms with Gasteiger partial charge in [0.15, 0.2) is 0 Å². The van der Waals surface area contributed by atoms with Gasteiger partial charge in [-0.15, -0.1) is 0 Å². The molecule has 7 heteroatoms. The number of sulfonamides is 1. The third kappa shape index (κ3) is 5.31. The molecule has 5 nitrogen and oxygen atoms in total. The lowest BCUT2D eigenvalue weighted by Gasteiger charge is -2.22. The molecule has 0 saturated heterocycles. The Morgan fingerprint density at radius 1 is 0.900 bits per heavy atom. The smallest absolute Gasteiger partial charge is 0.243 e. The highest BCUT2D eigenvalue weighted by Gasteiger charge is 2.27. The first-order valence-electron chi connectivity index (χ1n) is 9.42. The van der Waals surface area contributed by atoms with E-state index in [0.29, 0.717) is 5.69 Å². The summed E-state index contributed by atoms with van der Waals surface area (Å²) >= 11 is 0. The van der Waals surface area contributed by atoms with Crippen molar-refractivity contribution in [3.63, 3.8) is 0 Å². The minimum atomic E-state index is -4.02. The van der Waals surface area contributed by atoms with Crippen LogP contribution in [0.4, 0.5) is 10.1 Å². The molecule has 3 aromatic carbocycles. The van der Waals surface area contributed by atoms with Gasteiger partial charge in [0, 0.05) is 17.8 Å². The van der Waals surface area contributed by atoms with Crippen molar-refractivity contribution in [2.45, 2.75) is 25.3 Å². The van der Waals surface area contributed by atoms with Crippen molar-refractivity contribution in [1.29, 1.82) is 0 Å². The highest BCUT2D eigenvalue weighted by molar-refractivity contribution is 7.89. The van der Waals surface area contributed by atoms with Gasteiger partial charge in [0.25, 0.3) is 0 Å². The number of rotatable bonds is 7. The van der Waals surface area contributed by atoms with E-state index in [1.54, 1.807) is 30.3 Å². The summed E-state index contributed by atoms with van der Waals surface area (Å²) < 4.78 is 41.6. The topological polar surface area (TPSA) is 66.5 Å². The van der Waals surface area contributed by atoms with Crippen molar-refractivity contribution in [3.8, 4) is 0 Å². The second-order valence-corrected chi connectivity index (χ2v) is 9.03. The summed E-state index contributed by atoms with van der Waals surface area (Å²) in [6.45, 7) is 3.07. The summed E-state index contributed by atoms with van der Waals surface area (Å²) in [7, 11) is -4.02. The molecule has 30 heavy (non-hydrogen) atoms. The standard InChI is InChI=1S/C23H23FN2O3S/c1-17-7-11-20(12-8-17)25-23(27)16-26(15-19-5-3-4-6-22(19)24)30(28,29)21-13-9-18(2)10-14-21/h3-14H,15-16H2,1-2H3,(H,25,27). The second-order valence-electron chi connectivity index (χ2n) is 7.09. The first-order chi connectivity index (χ1) is 14.3. The van der Waals surface area contributed by atoms with Gasteiger partial charge in [0.2, 0.25) is 15.9 Å². The number of hydrogen-bond acceptors (Lipinski definition) is 3. The van der Waals surface area contributed by atoms with Crippen molar-refractivity contribution in [2.24, 2.45) is 0 Å². The maximum Gasteiger partial charge on any atom is 0.243 e. The second kappa shape index (κ2) is 9.19. The van der Waals surface area contributed by atoms with Gasteiger partial charge >= 0.3 is 0 Å². The highest BCUT2D eigenvalue weighted by atomic mass is 32.2. The van der Waals surface area contributed by atoms with Gasteiger partial charge in [-0.25, -0.2) is 12.8 Å². The molecule has 3 rings (SSSR count).